The summed E-state index contributed by atoms with van der Waals surface area (Å²) in [5.41, 5.74) is 0.159. The normalized spacial score (nSPS) is 10.2. The molecule has 0 heterocycles. The van der Waals surface area contributed by atoms with E-state index < -0.39 is 16.7 Å². The van der Waals surface area contributed by atoms with Crippen molar-refractivity contribution in [1.82, 2.24) is 5.32 Å². The lowest BCUT2D eigenvalue weighted by Crippen LogP contribution is -2.33. The summed E-state index contributed by atoms with van der Waals surface area (Å²) in [7, 11) is 1.53. The highest BCUT2D eigenvalue weighted by Gasteiger charge is 2.19. The summed E-state index contributed by atoms with van der Waals surface area (Å²) >= 11 is 0. The fourth-order valence-corrected chi connectivity index (χ4v) is 2.93. The number of amides is 2. The van der Waals surface area contributed by atoms with E-state index in [9.17, 15) is 19.7 Å². The van der Waals surface area contributed by atoms with Crippen LogP contribution in [0.2, 0.25) is 0 Å². The average Bonchev–Trinajstić information content (AvgIpc) is 2.84. The molecule has 34 heavy (non-hydrogen) atoms. The second-order valence-electron chi connectivity index (χ2n) is 6.90. The van der Waals surface area contributed by atoms with Crippen LogP contribution in [0, 0.1) is 10.1 Å². The molecule has 0 fully saturated rings. The number of rotatable bonds is 10. The quantitative estimate of drug-likeness (QED) is 0.340. The maximum absolute atomic E-state index is 12.8. The van der Waals surface area contributed by atoms with Gasteiger partial charge in [-0.3, -0.25) is 19.7 Å². The zero-order valence-electron chi connectivity index (χ0n) is 18.6. The summed E-state index contributed by atoms with van der Waals surface area (Å²) in [6.45, 7) is 2.05. The Labute approximate surface area is 195 Å². The van der Waals surface area contributed by atoms with E-state index >= 15 is 0 Å². The molecule has 2 amide bonds. The van der Waals surface area contributed by atoms with E-state index in [2.05, 4.69) is 10.6 Å². The molecule has 0 saturated carbocycles. The molecule has 176 valence electrons. The van der Waals surface area contributed by atoms with Crippen LogP contribution in [0.4, 0.5) is 11.4 Å². The summed E-state index contributed by atoms with van der Waals surface area (Å²) in [4.78, 5) is 35.6. The van der Waals surface area contributed by atoms with Crippen LogP contribution in [0.1, 0.15) is 17.3 Å². The van der Waals surface area contributed by atoms with Crippen LogP contribution in [0.5, 0.6) is 23.0 Å². The van der Waals surface area contributed by atoms with E-state index in [4.69, 9.17) is 14.2 Å². The first-order chi connectivity index (χ1) is 16.4. The molecule has 0 aliphatic heterocycles. The second kappa shape index (κ2) is 11.3. The fraction of sp³-hybridized carbons (Fsp3) is 0.167. The molecule has 0 bridgehead atoms. The van der Waals surface area contributed by atoms with Gasteiger partial charge in [-0.25, -0.2) is 0 Å². The van der Waals surface area contributed by atoms with Gasteiger partial charge in [0, 0.05) is 17.8 Å². The van der Waals surface area contributed by atoms with Crippen molar-refractivity contribution in [2.24, 2.45) is 0 Å². The molecule has 0 saturated heterocycles. The summed E-state index contributed by atoms with van der Waals surface area (Å²) in [6, 6.07) is 17.0. The van der Waals surface area contributed by atoms with Crippen molar-refractivity contribution in [2.45, 2.75) is 6.92 Å². The Kier molecular flexibility index (Phi) is 8.01. The van der Waals surface area contributed by atoms with Gasteiger partial charge in [-0.15, -0.1) is 0 Å². The number of benzene rings is 3. The highest BCUT2D eigenvalue weighted by atomic mass is 16.6. The first kappa shape index (κ1) is 24.1. The number of ether oxygens (including phenoxy) is 3. The molecule has 0 aliphatic rings. The van der Waals surface area contributed by atoms with Crippen molar-refractivity contribution in [2.75, 3.05) is 25.6 Å². The monoisotopic (exact) mass is 465 g/mol. The van der Waals surface area contributed by atoms with Crippen molar-refractivity contribution in [3.63, 3.8) is 0 Å². The van der Waals surface area contributed by atoms with Crippen LogP contribution in [0.25, 0.3) is 0 Å². The molecule has 3 aromatic carbocycles. The number of methoxy groups -OCH3 is 1. The van der Waals surface area contributed by atoms with Crippen LogP contribution < -0.4 is 24.8 Å². The predicted octanol–water partition coefficient (Wildman–Crippen LogP) is 4.16. The van der Waals surface area contributed by atoms with Gasteiger partial charge in [-0.05, 0) is 61.5 Å². The molecule has 2 N–H and O–H groups in total. The molecule has 0 atom stereocenters. The number of non-ortho nitro benzene ring substituents is 1. The lowest BCUT2D eigenvalue weighted by molar-refractivity contribution is -0.384. The van der Waals surface area contributed by atoms with Gasteiger partial charge in [0.15, 0.2) is 0 Å². The molecule has 0 aliphatic carbocycles. The van der Waals surface area contributed by atoms with Gasteiger partial charge in [-0.2, -0.15) is 0 Å². The number of anilines is 1. The number of nitrogens with zero attached hydrogens (tertiary/aromatic N) is 1. The van der Waals surface area contributed by atoms with Crippen LogP contribution in [-0.4, -0.2) is 37.0 Å². The largest absolute Gasteiger partial charge is 0.497 e. The third kappa shape index (κ3) is 6.45. The standard InChI is InChI=1S/C24H23N3O7/c1-3-33-19-7-4-16(5-8-19)26-23(28)15-25-24(29)21-14-17(27(30)31)6-13-22(21)34-20-11-9-18(32-2)10-12-20/h4-14H,3,15H2,1-2H3,(H,25,29)(H,26,28). The Morgan fingerprint density at radius 1 is 0.941 bits per heavy atom. The molecular formula is C24H23N3O7. The molecular weight excluding hydrogens is 442 g/mol. The Balaban J connectivity index is 1.69. The van der Waals surface area contributed by atoms with Gasteiger partial charge in [0.05, 0.1) is 30.7 Å². The number of nitro groups is 1. The molecule has 0 spiro atoms. The summed E-state index contributed by atoms with van der Waals surface area (Å²) in [5.74, 6) is 0.614. The van der Waals surface area contributed by atoms with Crippen molar-refractivity contribution in [1.29, 1.82) is 0 Å². The zero-order chi connectivity index (χ0) is 24.5. The van der Waals surface area contributed by atoms with E-state index in [1.807, 2.05) is 6.92 Å². The predicted molar refractivity (Wildman–Crippen MR) is 125 cm³/mol. The lowest BCUT2D eigenvalue weighted by Gasteiger charge is -2.12. The van der Waals surface area contributed by atoms with E-state index in [0.717, 1.165) is 6.07 Å². The highest BCUT2D eigenvalue weighted by Crippen LogP contribution is 2.30. The molecule has 3 aromatic rings. The smallest absolute Gasteiger partial charge is 0.270 e. The van der Waals surface area contributed by atoms with Crippen molar-refractivity contribution >= 4 is 23.2 Å². The molecule has 0 unspecified atom stereocenters. The van der Waals surface area contributed by atoms with Crippen LogP contribution in [0.15, 0.2) is 66.7 Å². The first-order valence-corrected chi connectivity index (χ1v) is 10.3. The minimum absolute atomic E-state index is 0.0844. The van der Waals surface area contributed by atoms with Crippen molar-refractivity contribution < 1.29 is 28.7 Å². The topological polar surface area (TPSA) is 129 Å². The molecule has 0 aromatic heterocycles. The van der Waals surface area contributed by atoms with E-state index in [1.165, 1.54) is 19.2 Å². The Morgan fingerprint density at radius 3 is 2.21 bits per heavy atom. The summed E-state index contributed by atoms with van der Waals surface area (Å²) in [5, 5.41) is 16.3. The van der Waals surface area contributed by atoms with Gasteiger partial charge in [0.2, 0.25) is 5.91 Å². The van der Waals surface area contributed by atoms with E-state index in [-0.39, 0.29) is 23.5 Å². The van der Waals surface area contributed by atoms with Crippen LogP contribution in [-0.2, 0) is 4.79 Å². The van der Waals surface area contributed by atoms with Crippen LogP contribution in [0.3, 0.4) is 0 Å². The Hall–Kier alpha value is -4.60. The van der Waals surface area contributed by atoms with Crippen molar-refractivity contribution in [3.8, 4) is 23.0 Å². The molecule has 10 nitrogen and oxygen atoms in total. The van der Waals surface area contributed by atoms with Gasteiger partial charge in [-0.1, -0.05) is 0 Å². The maximum atomic E-state index is 12.8. The maximum Gasteiger partial charge on any atom is 0.270 e. The van der Waals surface area contributed by atoms with Gasteiger partial charge < -0.3 is 24.8 Å². The molecule has 10 heteroatoms. The minimum atomic E-state index is -0.700. The number of nitro benzene ring substituents is 1. The highest BCUT2D eigenvalue weighted by molar-refractivity contribution is 6.01. The number of nitrogens with one attached hydrogen (secondary N) is 2. The number of carbonyl (C=O) groups is 2. The van der Waals surface area contributed by atoms with Crippen LogP contribution >= 0.6 is 0 Å². The SMILES string of the molecule is CCOc1ccc(NC(=O)CNC(=O)c2cc([N+](=O)[O-])ccc2Oc2ccc(OC)cc2)cc1. The number of carbonyl (C=O) groups excluding carboxylic acids is 2. The summed E-state index contributed by atoms with van der Waals surface area (Å²) < 4.78 is 16.2. The van der Waals surface area contributed by atoms with Gasteiger partial charge in [0.1, 0.15) is 23.0 Å². The average molecular weight is 465 g/mol. The van der Waals surface area contributed by atoms with E-state index in [1.54, 1.807) is 48.5 Å². The third-order valence-corrected chi connectivity index (χ3v) is 4.56. The third-order valence-electron chi connectivity index (χ3n) is 4.56. The second-order valence-corrected chi connectivity index (χ2v) is 6.90. The summed E-state index contributed by atoms with van der Waals surface area (Å²) in [6.07, 6.45) is 0. The van der Waals surface area contributed by atoms with Gasteiger partial charge in [0.25, 0.3) is 11.6 Å². The minimum Gasteiger partial charge on any atom is -0.497 e. The van der Waals surface area contributed by atoms with E-state index in [0.29, 0.717) is 29.5 Å². The molecule has 3 rings (SSSR count). The fourth-order valence-electron chi connectivity index (χ4n) is 2.93. The lowest BCUT2D eigenvalue weighted by atomic mass is 10.1. The van der Waals surface area contributed by atoms with Crippen molar-refractivity contribution in [3.05, 3.63) is 82.4 Å². The zero-order valence-corrected chi connectivity index (χ0v) is 18.6. The van der Waals surface area contributed by atoms with Gasteiger partial charge >= 0.3 is 0 Å². The molecule has 0 radical (unpaired) electrons. The Bertz CT molecular complexity index is 1160. The first-order valence-electron chi connectivity index (χ1n) is 10.3. The Morgan fingerprint density at radius 2 is 1.59 bits per heavy atom. The number of hydrogen-bond acceptors (Lipinski definition) is 7. The number of hydrogen-bond donors (Lipinski definition) is 2.